The van der Waals surface area contributed by atoms with Crippen LogP contribution in [0.1, 0.15) is 38.7 Å². The van der Waals surface area contributed by atoms with Gasteiger partial charge >= 0.3 is 0 Å². The highest BCUT2D eigenvalue weighted by molar-refractivity contribution is 7.92. The first-order valence-corrected chi connectivity index (χ1v) is 14.7. The predicted octanol–water partition coefficient (Wildman–Crippen LogP) is 6.22. The number of hydrogen-bond donors (Lipinski definition) is 3. The van der Waals surface area contributed by atoms with Crippen LogP contribution in [0.4, 0.5) is 34.5 Å². The van der Waals surface area contributed by atoms with E-state index in [1.807, 2.05) is 19.1 Å². The molecule has 39 heavy (non-hydrogen) atoms. The Labute approximate surface area is 234 Å². The fourth-order valence-electron chi connectivity index (χ4n) is 4.34. The third-order valence-electron chi connectivity index (χ3n) is 6.54. The van der Waals surface area contributed by atoms with Gasteiger partial charge in [0.05, 0.1) is 33.4 Å². The average molecular weight is 569 g/mol. The van der Waals surface area contributed by atoms with Crippen LogP contribution in [0.25, 0.3) is 0 Å². The molecule has 0 radical (unpaired) electrons. The summed E-state index contributed by atoms with van der Waals surface area (Å²) in [7, 11) is -3.55. The average Bonchev–Trinajstić information content (AvgIpc) is 2.92. The predicted molar refractivity (Wildman–Crippen MR) is 158 cm³/mol. The number of sulfone groups is 1. The molecular formula is C28H33ClN6O3S. The number of carbonyl (C=O) groups is 1. The van der Waals surface area contributed by atoms with Crippen LogP contribution >= 0.6 is 11.6 Å². The van der Waals surface area contributed by atoms with Crippen LogP contribution in [0.3, 0.4) is 0 Å². The largest absolute Gasteiger partial charge is 0.370 e. The van der Waals surface area contributed by atoms with Crippen molar-refractivity contribution in [3.63, 3.8) is 0 Å². The summed E-state index contributed by atoms with van der Waals surface area (Å²) in [5, 5.41) is 8.84. The maximum Gasteiger partial charge on any atom is 0.247 e. The van der Waals surface area contributed by atoms with E-state index in [-0.39, 0.29) is 27.6 Å². The molecule has 0 saturated carbocycles. The lowest BCUT2D eigenvalue weighted by molar-refractivity contribution is -0.111. The molecule has 9 nitrogen and oxygen atoms in total. The summed E-state index contributed by atoms with van der Waals surface area (Å²) in [4.78, 5) is 23.5. The molecular weight excluding hydrogens is 536 g/mol. The number of benzene rings is 2. The first kappa shape index (κ1) is 28.4. The second-order valence-electron chi connectivity index (χ2n) is 9.66. The molecule has 3 aromatic rings. The molecule has 1 aliphatic heterocycles. The fraction of sp³-hybridized carbons (Fsp3) is 0.321. The smallest absolute Gasteiger partial charge is 0.247 e. The maximum absolute atomic E-state index is 12.9. The van der Waals surface area contributed by atoms with Crippen LogP contribution in [0.5, 0.6) is 0 Å². The Balaban J connectivity index is 1.66. The molecule has 1 amide bonds. The summed E-state index contributed by atoms with van der Waals surface area (Å²) in [5.41, 5.74) is 3.62. The molecule has 3 N–H and O–H groups in total. The number of amides is 1. The number of aryl methyl sites for hydroxylation is 1. The number of carbonyl (C=O) groups excluding carboxylic acids is 1. The van der Waals surface area contributed by atoms with E-state index in [0.717, 1.165) is 37.2 Å². The molecule has 0 atom stereocenters. The van der Waals surface area contributed by atoms with Crippen molar-refractivity contribution in [3.05, 3.63) is 65.8 Å². The van der Waals surface area contributed by atoms with E-state index in [4.69, 9.17) is 11.6 Å². The van der Waals surface area contributed by atoms with Crippen LogP contribution in [-0.4, -0.2) is 42.6 Å². The van der Waals surface area contributed by atoms with Crippen LogP contribution in [0.15, 0.2) is 60.1 Å². The van der Waals surface area contributed by atoms with E-state index in [9.17, 15) is 13.2 Å². The number of anilines is 6. The van der Waals surface area contributed by atoms with Crippen molar-refractivity contribution in [1.82, 2.24) is 9.97 Å². The highest BCUT2D eigenvalue weighted by atomic mass is 35.5. The number of rotatable bonds is 9. The minimum absolute atomic E-state index is 0.163. The minimum Gasteiger partial charge on any atom is -0.370 e. The van der Waals surface area contributed by atoms with E-state index >= 15 is 0 Å². The third-order valence-corrected chi connectivity index (χ3v) is 9.03. The van der Waals surface area contributed by atoms with Crippen molar-refractivity contribution in [2.24, 2.45) is 0 Å². The van der Waals surface area contributed by atoms with Crippen molar-refractivity contribution in [2.45, 2.75) is 50.2 Å². The molecule has 206 valence electrons. The van der Waals surface area contributed by atoms with Gasteiger partial charge in [0.25, 0.3) is 0 Å². The van der Waals surface area contributed by atoms with Gasteiger partial charge in [-0.3, -0.25) is 4.79 Å². The third kappa shape index (κ3) is 6.51. The van der Waals surface area contributed by atoms with Gasteiger partial charge in [0, 0.05) is 18.8 Å². The van der Waals surface area contributed by atoms with Crippen LogP contribution in [0, 0.1) is 6.92 Å². The second-order valence-corrected chi connectivity index (χ2v) is 12.5. The summed E-state index contributed by atoms with van der Waals surface area (Å²) in [6.45, 7) is 10.7. The molecule has 0 aliphatic carbocycles. The Bertz CT molecular complexity index is 1490. The van der Waals surface area contributed by atoms with Gasteiger partial charge in [-0.1, -0.05) is 30.3 Å². The normalized spacial score (nSPS) is 13.7. The van der Waals surface area contributed by atoms with Gasteiger partial charge in [0.15, 0.2) is 15.7 Å². The van der Waals surface area contributed by atoms with Gasteiger partial charge in [-0.25, -0.2) is 13.4 Å². The fourth-order valence-corrected chi connectivity index (χ4v) is 5.68. The van der Waals surface area contributed by atoms with E-state index in [2.05, 4.69) is 37.4 Å². The van der Waals surface area contributed by atoms with Crippen molar-refractivity contribution < 1.29 is 13.2 Å². The zero-order chi connectivity index (χ0) is 28.2. The Kier molecular flexibility index (Phi) is 8.76. The van der Waals surface area contributed by atoms with Gasteiger partial charge in [-0.05, 0) is 75.9 Å². The number of nitrogens with zero attached hydrogens (tertiary/aromatic N) is 3. The molecule has 1 aliphatic rings. The van der Waals surface area contributed by atoms with E-state index in [0.29, 0.717) is 17.1 Å². The van der Waals surface area contributed by atoms with Gasteiger partial charge in [0.1, 0.15) is 5.02 Å². The molecule has 1 fully saturated rings. The van der Waals surface area contributed by atoms with Crippen molar-refractivity contribution >= 4 is 61.9 Å². The number of halogens is 1. The first-order valence-electron chi connectivity index (χ1n) is 12.8. The number of piperidine rings is 1. The number of aromatic nitrogens is 2. The Morgan fingerprint density at radius 3 is 2.49 bits per heavy atom. The lowest BCUT2D eigenvalue weighted by Gasteiger charge is -2.31. The molecule has 0 spiro atoms. The molecule has 1 saturated heterocycles. The topological polar surface area (TPSA) is 116 Å². The maximum atomic E-state index is 12.9. The van der Waals surface area contributed by atoms with Crippen LogP contribution in [0.2, 0.25) is 5.02 Å². The van der Waals surface area contributed by atoms with E-state index < -0.39 is 15.1 Å². The lowest BCUT2D eigenvalue weighted by Crippen LogP contribution is -2.30. The molecule has 0 bridgehead atoms. The first-order chi connectivity index (χ1) is 18.6. The molecule has 2 aromatic carbocycles. The van der Waals surface area contributed by atoms with Gasteiger partial charge in [-0.2, -0.15) is 4.98 Å². The zero-order valence-electron chi connectivity index (χ0n) is 22.3. The zero-order valence-corrected chi connectivity index (χ0v) is 23.9. The van der Waals surface area contributed by atoms with Crippen molar-refractivity contribution in [1.29, 1.82) is 0 Å². The summed E-state index contributed by atoms with van der Waals surface area (Å²) in [6, 6.07) is 10.5. The van der Waals surface area contributed by atoms with Gasteiger partial charge in [0.2, 0.25) is 11.9 Å². The van der Waals surface area contributed by atoms with E-state index in [1.165, 1.54) is 18.7 Å². The van der Waals surface area contributed by atoms with Crippen LogP contribution < -0.4 is 20.9 Å². The van der Waals surface area contributed by atoms with Crippen molar-refractivity contribution in [2.75, 3.05) is 33.9 Å². The quantitative estimate of drug-likeness (QED) is 0.260. The number of hydrogen-bond acceptors (Lipinski definition) is 8. The minimum atomic E-state index is -3.55. The van der Waals surface area contributed by atoms with Crippen LogP contribution in [-0.2, 0) is 14.6 Å². The highest BCUT2D eigenvalue weighted by Crippen LogP contribution is 2.36. The monoisotopic (exact) mass is 568 g/mol. The second kappa shape index (κ2) is 12.0. The SMILES string of the molecule is C=CC(=O)Nc1cc(Nc2ncc(Cl)c(Nc3ccccc3S(=O)(=O)C(C)C)n2)c(C)cc1N1CCCCC1. The summed E-state index contributed by atoms with van der Waals surface area (Å²) in [6.07, 6.45) is 6.08. The summed E-state index contributed by atoms with van der Waals surface area (Å²) < 4.78 is 25.8. The summed E-state index contributed by atoms with van der Waals surface area (Å²) >= 11 is 6.39. The van der Waals surface area contributed by atoms with Gasteiger partial charge in [-0.15, -0.1) is 0 Å². The number of para-hydroxylation sites is 1. The highest BCUT2D eigenvalue weighted by Gasteiger charge is 2.23. The van der Waals surface area contributed by atoms with E-state index in [1.54, 1.807) is 38.1 Å². The Morgan fingerprint density at radius 1 is 1.08 bits per heavy atom. The Morgan fingerprint density at radius 2 is 1.79 bits per heavy atom. The van der Waals surface area contributed by atoms with Gasteiger partial charge < -0.3 is 20.9 Å². The molecule has 4 rings (SSSR count). The molecule has 2 heterocycles. The number of nitrogens with one attached hydrogen (secondary N) is 3. The van der Waals surface area contributed by atoms with Crippen molar-refractivity contribution in [3.8, 4) is 0 Å². The molecule has 0 unspecified atom stereocenters. The lowest BCUT2D eigenvalue weighted by atomic mass is 10.1. The summed E-state index contributed by atoms with van der Waals surface area (Å²) in [5.74, 6) is 0.205. The Hall–Kier alpha value is -3.63. The molecule has 1 aromatic heterocycles. The standard InChI is InChI=1S/C28H33ClN6O3S/c1-5-26(36)31-23-16-22(19(4)15-24(23)35-13-9-6-10-14-35)33-28-30-17-20(29)27(34-28)32-21-11-7-8-12-25(21)39(37,38)18(2)3/h5,7-8,11-12,15-18H,1,6,9-10,13-14H2,2-4H3,(H,31,36)(H2,30,32,33,34). The molecule has 11 heteroatoms.